The molecular formula is C18H25BO2. The Morgan fingerprint density at radius 2 is 1.95 bits per heavy atom. The van der Waals surface area contributed by atoms with E-state index in [1.165, 1.54) is 17.4 Å². The van der Waals surface area contributed by atoms with Gasteiger partial charge in [-0.2, -0.15) is 0 Å². The number of aryl methyl sites for hydroxylation is 1. The Labute approximate surface area is 128 Å². The Hall–Kier alpha value is -0.795. The standard InChI is InChI=1S/C18H25BO2/c1-5-12-8-6-7-9-14(12)19-20-16-11-13-10-15(17(13,2)3)18(16,4)21-19/h6-9,13,15-16H,5,10-11H2,1-4H3. The molecule has 21 heavy (non-hydrogen) atoms. The fourth-order valence-corrected chi connectivity index (χ4v) is 5.08. The average Bonchev–Trinajstić information content (AvgIpc) is 2.83. The molecule has 3 aliphatic carbocycles. The Morgan fingerprint density at radius 1 is 1.19 bits per heavy atom. The smallest absolute Gasteiger partial charge is 0.401 e. The van der Waals surface area contributed by atoms with Crippen molar-refractivity contribution in [3.8, 4) is 0 Å². The van der Waals surface area contributed by atoms with Gasteiger partial charge in [0.1, 0.15) is 0 Å². The third kappa shape index (κ3) is 1.74. The van der Waals surface area contributed by atoms with Crippen LogP contribution in [0.2, 0.25) is 0 Å². The predicted molar refractivity (Wildman–Crippen MR) is 85.6 cm³/mol. The SMILES string of the molecule is CCc1ccccc1B1OC2CC3CC(C3(C)C)C2(C)O1. The minimum absolute atomic E-state index is 0.107. The lowest BCUT2D eigenvalue weighted by atomic mass is 9.43. The first kappa shape index (κ1) is 13.8. The molecule has 1 aliphatic heterocycles. The van der Waals surface area contributed by atoms with E-state index in [-0.39, 0.29) is 18.8 Å². The third-order valence-electron chi connectivity index (χ3n) is 6.64. The van der Waals surface area contributed by atoms with E-state index in [1.54, 1.807) is 0 Å². The van der Waals surface area contributed by atoms with Gasteiger partial charge in [0.25, 0.3) is 0 Å². The number of hydrogen-bond donors (Lipinski definition) is 0. The molecule has 4 unspecified atom stereocenters. The summed E-state index contributed by atoms with van der Waals surface area (Å²) in [5, 5.41) is 0. The van der Waals surface area contributed by atoms with E-state index in [2.05, 4.69) is 52.0 Å². The van der Waals surface area contributed by atoms with Crippen LogP contribution in [0.5, 0.6) is 0 Å². The highest BCUT2D eigenvalue weighted by atomic mass is 16.7. The highest BCUT2D eigenvalue weighted by Gasteiger charge is 2.68. The van der Waals surface area contributed by atoms with Gasteiger partial charge < -0.3 is 9.31 Å². The molecule has 1 aromatic carbocycles. The molecule has 0 N–H and O–H groups in total. The van der Waals surface area contributed by atoms with Gasteiger partial charge in [0.05, 0.1) is 11.7 Å². The summed E-state index contributed by atoms with van der Waals surface area (Å²) < 4.78 is 12.9. The van der Waals surface area contributed by atoms with Crippen LogP contribution >= 0.6 is 0 Å². The van der Waals surface area contributed by atoms with E-state index in [0.29, 0.717) is 11.3 Å². The zero-order chi connectivity index (χ0) is 14.8. The van der Waals surface area contributed by atoms with Gasteiger partial charge in [-0.3, -0.25) is 0 Å². The first-order valence-corrected chi connectivity index (χ1v) is 8.38. The molecular weight excluding hydrogens is 259 g/mol. The van der Waals surface area contributed by atoms with Crippen LogP contribution in [0.25, 0.3) is 0 Å². The molecule has 3 heteroatoms. The maximum Gasteiger partial charge on any atom is 0.494 e. The zero-order valence-electron chi connectivity index (χ0n) is 13.6. The second-order valence-corrected chi connectivity index (χ2v) is 7.85. The monoisotopic (exact) mass is 284 g/mol. The van der Waals surface area contributed by atoms with Crippen molar-refractivity contribution in [3.63, 3.8) is 0 Å². The maximum absolute atomic E-state index is 6.54. The van der Waals surface area contributed by atoms with Crippen molar-refractivity contribution in [3.05, 3.63) is 29.8 Å². The van der Waals surface area contributed by atoms with Crippen LogP contribution in [0, 0.1) is 17.3 Å². The van der Waals surface area contributed by atoms with Gasteiger partial charge in [-0.25, -0.2) is 0 Å². The molecule has 0 spiro atoms. The molecule has 112 valence electrons. The molecule has 5 rings (SSSR count). The highest BCUT2D eigenvalue weighted by molar-refractivity contribution is 6.62. The summed E-state index contributed by atoms with van der Waals surface area (Å²) in [4.78, 5) is 0. The molecule has 0 aromatic heterocycles. The molecule has 4 atom stereocenters. The molecule has 3 saturated carbocycles. The summed E-state index contributed by atoms with van der Waals surface area (Å²) in [6.45, 7) is 9.30. The van der Waals surface area contributed by atoms with Crippen LogP contribution in [-0.2, 0) is 15.7 Å². The molecule has 4 aliphatic rings. The van der Waals surface area contributed by atoms with Gasteiger partial charge in [-0.05, 0) is 54.5 Å². The van der Waals surface area contributed by atoms with Crippen molar-refractivity contribution in [2.45, 2.75) is 58.7 Å². The Kier molecular flexibility index (Phi) is 2.87. The van der Waals surface area contributed by atoms with E-state index in [9.17, 15) is 0 Å². The summed E-state index contributed by atoms with van der Waals surface area (Å²) in [5.74, 6) is 1.44. The molecule has 0 radical (unpaired) electrons. The first-order valence-electron chi connectivity index (χ1n) is 8.38. The lowest BCUT2D eigenvalue weighted by Crippen LogP contribution is -2.65. The lowest BCUT2D eigenvalue weighted by Gasteiger charge is -2.64. The van der Waals surface area contributed by atoms with Crippen LogP contribution in [0.1, 0.15) is 46.1 Å². The van der Waals surface area contributed by atoms with Crippen LogP contribution in [0.3, 0.4) is 0 Å². The molecule has 4 fully saturated rings. The summed E-state index contributed by atoms with van der Waals surface area (Å²) >= 11 is 0. The molecule has 1 saturated heterocycles. The van der Waals surface area contributed by atoms with E-state index in [4.69, 9.17) is 9.31 Å². The van der Waals surface area contributed by atoms with Crippen molar-refractivity contribution >= 4 is 12.6 Å². The normalized spacial score (nSPS) is 39.8. The fraction of sp³-hybridized carbons (Fsp3) is 0.667. The Bertz CT molecular complexity index is 570. The highest BCUT2D eigenvalue weighted by Crippen LogP contribution is 2.65. The zero-order valence-corrected chi connectivity index (χ0v) is 13.6. The molecule has 0 amide bonds. The molecule has 2 nitrogen and oxygen atoms in total. The van der Waals surface area contributed by atoms with Gasteiger partial charge in [0, 0.05) is 0 Å². The quantitative estimate of drug-likeness (QED) is 0.777. The predicted octanol–water partition coefficient (Wildman–Crippen LogP) is 3.18. The summed E-state index contributed by atoms with van der Waals surface area (Å²) in [5.41, 5.74) is 2.87. The van der Waals surface area contributed by atoms with Crippen molar-refractivity contribution < 1.29 is 9.31 Å². The van der Waals surface area contributed by atoms with E-state index >= 15 is 0 Å². The average molecular weight is 284 g/mol. The van der Waals surface area contributed by atoms with Gasteiger partial charge in [0.2, 0.25) is 0 Å². The minimum Gasteiger partial charge on any atom is -0.401 e. The minimum atomic E-state index is -0.175. The van der Waals surface area contributed by atoms with Gasteiger partial charge in [-0.1, -0.05) is 45.0 Å². The van der Waals surface area contributed by atoms with E-state index in [1.807, 2.05) is 0 Å². The van der Waals surface area contributed by atoms with Crippen LogP contribution in [-0.4, -0.2) is 18.8 Å². The van der Waals surface area contributed by atoms with Crippen molar-refractivity contribution in [2.24, 2.45) is 17.3 Å². The second-order valence-electron chi connectivity index (χ2n) is 7.85. The number of rotatable bonds is 2. The van der Waals surface area contributed by atoms with Crippen LogP contribution in [0.4, 0.5) is 0 Å². The van der Waals surface area contributed by atoms with Crippen molar-refractivity contribution in [1.82, 2.24) is 0 Å². The maximum atomic E-state index is 6.54. The largest absolute Gasteiger partial charge is 0.494 e. The molecule has 1 aromatic rings. The van der Waals surface area contributed by atoms with E-state index < -0.39 is 0 Å². The van der Waals surface area contributed by atoms with E-state index in [0.717, 1.165) is 18.8 Å². The number of benzene rings is 1. The van der Waals surface area contributed by atoms with Crippen LogP contribution in [0.15, 0.2) is 24.3 Å². The summed E-state index contributed by atoms with van der Waals surface area (Å²) in [7, 11) is -0.175. The second kappa shape index (κ2) is 4.36. The van der Waals surface area contributed by atoms with Gasteiger partial charge >= 0.3 is 7.12 Å². The van der Waals surface area contributed by atoms with Crippen molar-refractivity contribution in [1.29, 1.82) is 0 Å². The topological polar surface area (TPSA) is 18.5 Å². The lowest BCUT2D eigenvalue weighted by molar-refractivity contribution is -0.199. The van der Waals surface area contributed by atoms with Crippen molar-refractivity contribution in [2.75, 3.05) is 0 Å². The molecule has 1 heterocycles. The van der Waals surface area contributed by atoms with Gasteiger partial charge in [0.15, 0.2) is 0 Å². The summed E-state index contributed by atoms with van der Waals surface area (Å²) in [6, 6.07) is 8.55. The number of hydrogen-bond acceptors (Lipinski definition) is 2. The van der Waals surface area contributed by atoms with Gasteiger partial charge in [-0.15, -0.1) is 0 Å². The summed E-state index contributed by atoms with van der Waals surface area (Å²) in [6.07, 6.45) is 3.76. The first-order chi connectivity index (χ1) is 9.96. The molecule has 2 bridgehead atoms. The fourth-order valence-electron chi connectivity index (χ4n) is 5.08. The van der Waals surface area contributed by atoms with Crippen LogP contribution < -0.4 is 5.46 Å². The Morgan fingerprint density at radius 3 is 2.67 bits per heavy atom. The Balaban J connectivity index is 1.65. The third-order valence-corrected chi connectivity index (χ3v) is 6.64.